The van der Waals surface area contributed by atoms with Crippen LogP contribution in [0.25, 0.3) is 0 Å². The molecule has 2 aromatic rings. The molecule has 0 amide bonds. The lowest BCUT2D eigenvalue weighted by atomic mass is 9.88. The Morgan fingerprint density at radius 1 is 1.13 bits per heavy atom. The standard InChI is InChI=1S/C23H23ClF3N3O6S2/c1-30(21-4-2-3-20(19(21)12-28)29-13-22(31)32)38(35,36)18-10-14(23(25,26)27)9-17(11-18)37(33,34)16-7-5-15(24)6-8-16/h5-12,21H,2-4,13,28H2,1H3,(H,31,32)/t21-/m1/s1. The number of carboxylic acid groups (broad SMARTS) is 1. The lowest BCUT2D eigenvalue weighted by Gasteiger charge is -2.33. The Morgan fingerprint density at radius 2 is 1.74 bits per heavy atom. The third kappa shape index (κ3) is 6.20. The van der Waals surface area contributed by atoms with Crippen LogP contribution in [0.5, 0.6) is 0 Å². The maximum absolute atomic E-state index is 13.7. The molecule has 1 atom stereocenters. The van der Waals surface area contributed by atoms with Gasteiger partial charge in [-0.3, -0.25) is 9.79 Å². The van der Waals surface area contributed by atoms with Gasteiger partial charge in [0.05, 0.1) is 26.3 Å². The zero-order chi connectivity index (χ0) is 28.5. The van der Waals surface area contributed by atoms with Crippen molar-refractivity contribution in [2.75, 3.05) is 13.6 Å². The molecular formula is C23H23ClF3N3O6S2. The van der Waals surface area contributed by atoms with Gasteiger partial charge >= 0.3 is 12.1 Å². The minimum absolute atomic E-state index is 0.195. The summed E-state index contributed by atoms with van der Waals surface area (Å²) in [5.41, 5.74) is 4.71. The number of carbonyl (C=O) groups is 1. The number of carboxylic acids is 1. The van der Waals surface area contributed by atoms with Crippen molar-refractivity contribution < 1.29 is 39.9 Å². The van der Waals surface area contributed by atoms with Crippen LogP contribution in [0.3, 0.4) is 0 Å². The molecule has 0 spiro atoms. The number of benzene rings is 2. The third-order valence-electron chi connectivity index (χ3n) is 5.93. The Labute approximate surface area is 222 Å². The number of aliphatic carboxylic acids is 1. The van der Waals surface area contributed by atoms with Crippen molar-refractivity contribution in [3.63, 3.8) is 0 Å². The number of sulfone groups is 1. The zero-order valence-electron chi connectivity index (χ0n) is 19.8. The topological polar surface area (TPSA) is 147 Å². The Morgan fingerprint density at radius 3 is 2.29 bits per heavy atom. The van der Waals surface area contributed by atoms with Gasteiger partial charge in [-0.15, -0.1) is 0 Å². The molecule has 9 nitrogen and oxygen atoms in total. The van der Waals surface area contributed by atoms with Crippen LogP contribution < -0.4 is 5.73 Å². The molecule has 0 unspecified atom stereocenters. The Hall–Kier alpha value is -2.94. The second kappa shape index (κ2) is 11.0. The molecule has 206 valence electrons. The highest BCUT2D eigenvalue weighted by Crippen LogP contribution is 2.36. The quantitative estimate of drug-likeness (QED) is 0.497. The number of sulfonamides is 1. The largest absolute Gasteiger partial charge is 0.480 e. The van der Waals surface area contributed by atoms with Gasteiger partial charge < -0.3 is 10.8 Å². The summed E-state index contributed by atoms with van der Waals surface area (Å²) in [5.74, 6) is -1.21. The molecule has 15 heteroatoms. The first-order valence-corrected chi connectivity index (χ1v) is 14.3. The smallest absolute Gasteiger partial charge is 0.416 e. The molecule has 0 saturated heterocycles. The van der Waals surface area contributed by atoms with E-state index in [4.69, 9.17) is 22.4 Å². The highest BCUT2D eigenvalue weighted by atomic mass is 35.5. The van der Waals surface area contributed by atoms with Crippen LogP contribution >= 0.6 is 11.6 Å². The van der Waals surface area contributed by atoms with Gasteiger partial charge in [0.1, 0.15) is 6.54 Å². The van der Waals surface area contributed by atoms with Gasteiger partial charge in [-0.25, -0.2) is 16.8 Å². The number of halogens is 4. The molecule has 1 aliphatic carbocycles. The van der Waals surface area contributed by atoms with Crippen molar-refractivity contribution in [1.29, 1.82) is 0 Å². The van der Waals surface area contributed by atoms with E-state index in [2.05, 4.69) is 4.99 Å². The molecule has 1 fully saturated rings. The van der Waals surface area contributed by atoms with E-state index in [9.17, 15) is 34.8 Å². The van der Waals surface area contributed by atoms with E-state index >= 15 is 0 Å². The fraction of sp³-hybridized carbons (Fsp3) is 0.304. The van der Waals surface area contributed by atoms with Crippen LogP contribution in [0.15, 0.2) is 73.9 Å². The van der Waals surface area contributed by atoms with Crippen LogP contribution in [0.2, 0.25) is 5.02 Å². The van der Waals surface area contributed by atoms with Crippen molar-refractivity contribution in [1.82, 2.24) is 4.31 Å². The highest BCUT2D eigenvalue weighted by molar-refractivity contribution is 7.91. The minimum Gasteiger partial charge on any atom is -0.480 e. The predicted octanol–water partition coefficient (Wildman–Crippen LogP) is 3.73. The van der Waals surface area contributed by atoms with E-state index in [0.717, 1.165) is 29.7 Å². The number of likely N-dealkylation sites (N-methyl/N-ethyl adjacent to an activating group) is 1. The Balaban J connectivity index is 2.13. The monoisotopic (exact) mass is 593 g/mol. The van der Waals surface area contributed by atoms with Gasteiger partial charge in [0.15, 0.2) is 0 Å². The molecule has 38 heavy (non-hydrogen) atoms. The van der Waals surface area contributed by atoms with E-state index in [1.54, 1.807) is 0 Å². The van der Waals surface area contributed by atoms with Gasteiger partial charge in [-0.2, -0.15) is 17.5 Å². The molecule has 0 radical (unpaired) electrons. The summed E-state index contributed by atoms with van der Waals surface area (Å²) in [5, 5.41) is 9.12. The van der Waals surface area contributed by atoms with Gasteiger partial charge in [0, 0.05) is 29.6 Å². The van der Waals surface area contributed by atoms with E-state index < -0.39 is 59.9 Å². The zero-order valence-corrected chi connectivity index (χ0v) is 22.2. The molecule has 0 bridgehead atoms. The van der Waals surface area contributed by atoms with Crippen LogP contribution in [0.1, 0.15) is 24.8 Å². The number of nitrogens with two attached hydrogens (primary N) is 1. The van der Waals surface area contributed by atoms with Crippen molar-refractivity contribution in [3.8, 4) is 0 Å². The van der Waals surface area contributed by atoms with Gasteiger partial charge in [0.2, 0.25) is 19.9 Å². The average Bonchev–Trinajstić information content (AvgIpc) is 2.86. The first kappa shape index (κ1) is 29.6. The SMILES string of the molecule is CN([C@@H]1CCCC(=NCC(=O)O)C1=CN)S(=O)(=O)c1cc(C(F)(F)F)cc(S(=O)(=O)c2ccc(Cl)cc2)c1. The lowest BCUT2D eigenvalue weighted by molar-refractivity contribution is -0.138. The van der Waals surface area contributed by atoms with Crippen LogP contribution in [-0.2, 0) is 30.8 Å². The first-order valence-electron chi connectivity index (χ1n) is 11.0. The fourth-order valence-electron chi connectivity index (χ4n) is 4.00. The molecule has 0 heterocycles. The maximum Gasteiger partial charge on any atom is 0.416 e. The number of aliphatic imine (C=N–C) groups is 1. The van der Waals surface area contributed by atoms with Gasteiger partial charge in [0.25, 0.3) is 0 Å². The normalized spacial score (nSPS) is 19.3. The van der Waals surface area contributed by atoms with Gasteiger partial charge in [-0.05, 0) is 61.7 Å². The van der Waals surface area contributed by atoms with Gasteiger partial charge in [-0.1, -0.05) is 11.6 Å². The van der Waals surface area contributed by atoms with Crippen molar-refractivity contribution in [2.45, 2.75) is 46.2 Å². The summed E-state index contributed by atoms with van der Waals surface area (Å²) in [4.78, 5) is 12.8. The number of rotatable bonds is 7. The number of alkyl halides is 3. The second-order valence-electron chi connectivity index (χ2n) is 8.36. The molecular weight excluding hydrogens is 571 g/mol. The summed E-state index contributed by atoms with van der Waals surface area (Å²) in [6.07, 6.45) is -3.02. The van der Waals surface area contributed by atoms with E-state index in [-0.39, 0.29) is 27.6 Å². The molecule has 1 aliphatic rings. The van der Waals surface area contributed by atoms with E-state index in [0.29, 0.717) is 31.0 Å². The molecule has 2 aromatic carbocycles. The predicted molar refractivity (Wildman–Crippen MR) is 133 cm³/mol. The summed E-state index contributed by atoms with van der Waals surface area (Å²) in [6, 6.07) is 5.08. The molecule has 3 rings (SSSR count). The number of hydrogen-bond donors (Lipinski definition) is 2. The van der Waals surface area contributed by atoms with Crippen molar-refractivity contribution >= 4 is 43.1 Å². The highest BCUT2D eigenvalue weighted by Gasteiger charge is 2.38. The Bertz CT molecular complexity index is 1510. The maximum atomic E-state index is 13.7. The molecule has 3 N–H and O–H groups in total. The van der Waals surface area contributed by atoms with Crippen molar-refractivity contribution in [3.05, 3.63) is 64.8 Å². The lowest BCUT2D eigenvalue weighted by Crippen LogP contribution is -2.42. The summed E-state index contributed by atoms with van der Waals surface area (Å²) in [7, 11) is -8.15. The van der Waals surface area contributed by atoms with Crippen LogP contribution in [0.4, 0.5) is 13.2 Å². The Kier molecular flexibility index (Phi) is 8.61. The summed E-state index contributed by atoms with van der Waals surface area (Å²) >= 11 is 5.78. The molecule has 0 aliphatic heterocycles. The fourth-order valence-corrected chi connectivity index (χ4v) is 6.97. The van der Waals surface area contributed by atoms with Crippen molar-refractivity contribution in [2.24, 2.45) is 10.7 Å². The van der Waals surface area contributed by atoms with Crippen LogP contribution in [0, 0.1) is 0 Å². The average molecular weight is 594 g/mol. The molecule has 1 saturated carbocycles. The second-order valence-corrected chi connectivity index (χ2v) is 12.7. The molecule has 0 aromatic heterocycles. The number of nitrogens with zero attached hydrogens (tertiary/aromatic N) is 2. The summed E-state index contributed by atoms with van der Waals surface area (Å²) < 4.78 is 95.4. The third-order valence-corrected chi connectivity index (χ3v) is 9.77. The van der Waals surface area contributed by atoms with E-state index in [1.165, 1.54) is 12.1 Å². The first-order chi connectivity index (χ1) is 17.6. The summed E-state index contributed by atoms with van der Waals surface area (Å²) in [6.45, 7) is -0.574. The number of hydrogen-bond acceptors (Lipinski definition) is 7. The minimum atomic E-state index is -5.06. The van der Waals surface area contributed by atoms with E-state index in [1.807, 2.05) is 0 Å². The van der Waals surface area contributed by atoms with Crippen LogP contribution in [-0.4, -0.2) is 57.6 Å².